The molecule has 2 aliphatic heterocycles. The van der Waals surface area contributed by atoms with Crippen LogP contribution in [0.3, 0.4) is 0 Å². The molecule has 2 atom stereocenters. The molecule has 2 N–H and O–H groups in total. The third kappa shape index (κ3) is 4.95. The molecule has 2 aliphatic rings. The number of para-hydroxylation sites is 2. The second-order valence-corrected chi connectivity index (χ2v) is 7.54. The van der Waals surface area contributed by atoms with E-state index in [9.17, 15) is 4.79 Å². The summed E-state index contributed by atoms with van der Waals surface area (Å²) < 4.78 is 2.24. The molecule has 2 bridgehead atoms. The molecule has 3 heterocycles. The number of benzene rings is 1. The van der Waals surface area contributed by atoms with E-state index in [2.05, 4.69) is 34.3 Å². The lowest BCUT2D eigenvalue weighted by molar-refractivity contribution is -0.122. The van der Waals surface area contributed by atoms with E-state index in [0.717, 1.165) is 37.1 Å². The number of fused-ring (bicyclic) bond motifs is 3. The van der Waals surface area contributed by atoms with Gasteiger partial charge in [0.1, 0.15) is 5.82 Å². The van der Waals surface area contributed by atoms with Gasteiger partial charge in [-0.05, 0) is 50.7 Å². The van der Waals surface area contributed by atoms with E-state index < -0.39 is 0 Å². The Labute approximate surface area is 173 Å². The molecule has 2 aromatic rings. The number of halogens is 2. The summed E-state index contributed by atoms with van der Waals surface area (Å²) in [6.45, 7) is 3.71. The quantitative estimate of drug-likeness (QED) is 0.763. The first kappa shape index (κ1) is 22.0. The van der Waals surface area contributed by atoms with E-state index in [4.69, 9.17) is 4.98 Å². The first-order valence-electron chi connectivity index (χ1n) is 9.69. The molecule has 0 saturated carbocycles. The van der Waals surface area contributed by atoms with Crippen molar-refractivity contribution in [3.63, 3.8) is 0 Å². The molecule has 2 fully saturated rings. The molecule has 7 heteroatoms. The zero-order valence-electron chi connectivity index (χ0n) is 15.8. The molecule has 0 aliphatic carbocycles. The van der Waals surface area contributed by atoms with Gasteiger partial charge in [0.25, 0.3) is 0 Å². The van der Waals surface area contributed by atoms with Crippen LogP contribution in [0.1, 0.15) is 44.9 Å². The number of imidazole rings is 1. The smallest absolute Gasteiger partial charge is 0.220 e. The van der Waals surface area contributed by atoms with E-state index in [-0.39, 0.29) is 30.7 Å². The van der Waals surface area contributed by atoms with Crippen molar-refractivity contribution in [3.05, 3.63) is 30.1 Å². The van der Waals surface area contributed by atoms with Crippen LogP contribution < -0.4 is 10.6 Å². The average Bonchev–Trinajstić information content (AvgIpc) is 3.13. The summed E-state index contributed by atoms with van der Waals surface area (Å²) in [5.41, 5.74) is 2.22. The van der Waals surface area contributed by atoms with E-state index in [1.54, 1.807) is 0 Å². The van der Waals surface area contributed by atoms with Gasteiger partial charge in [-0.3, -0.25) is 4.79 Å². The Morgan fingerprint density at radius 3 is 2.63 bits per heavy atom. The summed E-state index contributed by atoms with van der Waals surface area (Å²) in [6.07, 6.45) is 6.36. The molecule has 2 saturated heterocycles. The molecular weight excluding hydrogens is 383 g/mol. The van der Waals surface area contributed by atoms with Crippen molar-refractivity contribution in [2.45, 2.75) is 64.1 Å². The van der Waals surface area contributed by atoms with Crippen LogP contribution in [-0.2, 0) is 17.8 Å². The number of carbonyl (C=O) groups is 1. The zero-order valence-corrected chi connectivity index (χ0v) is 17.5. The van der Waals surface area contributed by atoms with Gasteiger partial charge in [0.05, 0.1) is 11.0 Å². The normalized spacial score (nSPS) is 23.5. The molecule has 150 valence electrons. The predicted molar refractivity (Wildman–Crippen MR) is 114 cm³/mol. The van der Waals surface area contributed by atoms with Gasteiger partial charge >= 0.3 is 0 Å². The van der Waals surface area contributed by atoms with Gasteiger partial charge in [-0.25, -0.2) is 4.98 Å². The van der Waals surface area contributed by atoms with E-state index >= 15 is 0 Å². The van der Waals surface area contributed by atoms with Crippen LogP contribution in [0.15, 0.2) is 24.3 Å². The Morgan fingerprint density at radius 2 is 1.93 bits per heavy atom. The molecule has 1 aromatic heterocycles. The average molecular weight is 413 g/mol. The first-order valence-corrected chi connectivity index (χ1v) is 9.69. The van der Waals surface area contributed by atoms with Gasteiger partial charge in [0.2, 0.25) is 5.91 Å². The van der Waals surface area contributed by atoms with Crippen LogP contribution in [0.4, 0.5) is 0 Å². The summed E-state index contributed by atoms with van der Waals surface area (Å²) in [5.74, 6) is 1.81. The van der Waals surface area contributed by atoms with Crippen molar-refractivity contribution in [1.82, 2.24) is 20.2 Å². The largest absolute Gasteiger partial charge is 0.356 e. The number of aryl methyl sites for hydroxylation is 1. The minimum atomic E-state index is 0. The minimum absolute atomic E-state index is 0. The number of hydrogen-bond donors (Lipinski definition) is 2. The number of nitrogens with zero attached hydrogens (tertiary/aromatic N) is 2. The summed E-state index contributed by atoms with van der Waals surface area (Å²) in [5, 5.41) is 6.75. The third-order valence-corrected chi connectivity index (χ3v) is 5.77. The van der Waals surface area contributed by atoms with Gasteiger partial charge in [0, 0.05) is 38.0 Å². The van der Waals surface area contributed by atoms with Crippen LogP contribution in [0.5, 0.6) is 0 Å². The highest BCUT2D eigenvalue weighted by atomic mass is 35.5. The third-order valence-electron chi connectivity index (χ3n) is 5.77. The first-order chi connectivity index (χ1) is 12.2. The number of hydrogen-bond acceptors (Lipinski definition) is 3. The second-order valence-electron chi connectivity index (χ2n) is 7.54. The zero-order chi connectivity index (χ0) is 17.2. The Bertz CT molecular complexity index is 752. The van der Waals surface area contributed by atoms with Gasteiger partial charge in [0.15, 0.2) is 0 Å². The topological polar surface area (TPSA) is 59.0 Å². The SMILES string of the molecule is CCn1c(CCNC(=O)CC2CC3CCC(C2)N3)nc2ccccc21.Cl.Cl. The molecule has 0 spiro atoms. The lowest BCUT2D eigenvalue weighted by atomic mass is 9.89. The van der Waals surface area contributed by atoms with Crippen LogP contribution in [0.2, 0.25) is 0 Å². The highest BCUT2D eigenvalue weighted by Gasteiger charge is 2.34. The van der Waals surface area contributed by atoms with Crippen molar-refractivity contribution < 1.29 is 4.79 Å². The number of rotatable bonds is 6. The maximum atomic E-state index is 12.3. The van der Waals surface area contributed by atoms with Crippen molar-refractivity contribution in [3.8, 4) is 0 Å². The van der Waals surface area contributed by atoms with Crippen LogP contribution in [0, 0.1) is 5.92 Å². The number of amides is 1. The molecule has 1 aromatic carbocycles. The number of carbonyl (C=O) groups excluding carboxylic acids is 1. The lowest BCUT2D eigenvalue weighted by Gasteiger charge is -2.28. The summed E-state index contributed by atoms with van der Waals surface area (Å²) >= 11 is 0. The lowest BCUT2D eigenvalue weighted by Crippen LogP contribution is -2.39. The molecule has 4 rings (SSSR count). The summed E-state index contributed by atoms with van der Waals surface area (Å²) in [7, 11) is 0. The Balaban J connectivity index is 0.00000131. The standard InChI is InChI=1S/C20H28N4O.2ClH/c1-2-24-18-6-4-3-5-17(18)23-19(24)9-10-21-20(25)13-14-11-15-7-8-16(12-14)22-15;;/h3-6,14-16,22H,2,7-13H2,1H3,(H,21,25);2*1H. The fourth-order valence-electron chi connectivity index (χ4n) is 4.66. The highest BCUT2D eigenvalue weighted by molar-refractivity contribution is 5.85. The van der Waals surface area contributed by atoms with Gasteiger partial charge in [-0.2, -0.15) is 0 Å². The number of aromatic nitrogens is 2. The van der Waals surface area contributed by atoms with Gasteiger partial charge in [-0.1, -0.05) is 12.1 Å². The van der Waals surface area contributed by atoms with E-state index in [1.807, 2.05) is 12.1 Å². The predicted octanol–water partition coefficient (Wildman–Crippen LogP) is 3.48. The number of piperidine rings is 1. The summed E-state index contributed by atoms with van der Waals surface area (Å²) in [6, 6.07) is 9.54. The van der Waals surface area contributed by atoms with Crippen LogP contribution >= 0.6 is 24.8 Å². The van der Waals surface area contributed by atoms with Crippen molar-refractivity contribution in [2.24, 2.45) is 5.92 Å². The van der Waals surface area contributed by atoms with Crippen molar-refractivity contribution in [2.75, 3.05) is 6.54 Å². The highest BCUT2D eigenvalue weighted by Crippen LogP contribution is 2.32. The van der Waals surface area contributed by atoms with Crippen molar-refractivity contribution >= 4 is 41.8 Å². The molecular formula is C20H30Cl2N4O. The Morgan fingerprint density at radius 1 is 1.22 bits per heavy atom. The van der Waals surface area contributed by atoms with Gasteiger partial charge < -0.3 is 15.2 Å². The van der Waals surface area contributed by atoms with E-state index in [1.165, 1.54) is 18.4 Å². The van der Waals surface area contributed by atoms with Gasteiger partial charge in [-0.15, -0.1) is 24.8 Å². The molecule has 5 nitrogen and oxygen atoms in total. The molecule has 0 radical (unpaired) electrons. The Hall–Kier alpha value is -1.30. The molecule has 1 amide bonds. The van der Waals surface area contributed by atoms with E-state index in [0.29, 0.717) is 31.0 Å². The molecule has 2 unspecified atom stereocenters. The second kappa shape index (κ2) is 9.76. The monoisotopic (exact) mass is 412 g/mol. The maximum Gasteiger partial charge on any atom is 0.220 e. The van der Waals surface area contributed by atoms with Crippen LogP contribution in [0.25, 0.3) is 11.0 Å². The Kier molecular flexibility index (Phi) is 7.95. The fraction of sp³-hybridized carbons (Fsp3) is 0.600. The van der Waals surface area contributed by atoms with Crippen LogP contribution in [-0.4, -0.2) is 34.1 Å². The maximum absolute atomic E-state index is 12.3. The number of nitrogens with one attached hydrogen (secondary N) is 2. The summed E-state index contributed by atoms with van der Waals surface area (Å²) in [4.78, 5) is 17.0. The molecule has 27 heavy (non-hydrogen) atoms. The fourth-order valence-corrected chi connectivity index (χ4v) is 4.66. The minimum Gasteiger partial charge on any atom is -0.356 e. The van der Waals surface area contributed by atoms with Crippen molar-refractivity contribution in [1.29, 1.82) is 0 Å².